The molecular formula is C18H9N7OS. The highest BCUT2D eigenvalue weighted by atomic mass is 32.1. The first-order chi connectivity index (χ1) is 13.3. The first-order valence-corrected chi connectivity index (χ1v) is 8.99. The minimum atomic E-state index is 0.460. The SMILES string of the molecule is c1cnc2[nH]c(-c3cnc4oc(-c5cnc6scnc6c5)nc4c3)nc2c1. The highest BCUT2D eigenvalue weighted by Crippen LogP contribution is 2.28. The number of nitrogens with zero attached hydrogens (tertiary/aromatic N) is 6. The van der Waals surface area contributed by atoms with Crippen LogP contribution in [0, 0.1) is 0 Å². The van der Waals surface area contributed by atoms with Crippen molar-refractivity contribution in [1.29, 1.82) is 0 Å². The zero-order valence-electron chi connectivity index (χ0n) is 13.6. The first kappa shape index (κ1) is 14.4. The lowest BCUT2D eigenvalue weighted by Gasteiger charge is -1.94. The van der Waals surface area contributed by atoms with Crippen LogP contribution in [0.2, 0.25) is 0 Å². The number of nitrogens with one attached hydrogen (secondary N) is 1. The summed E-state index contributed by atoms with van der Waals surface area (Å²) < 4.78 is 5.80. The Morgan fingerprint density at radius 1 is 0.889 bits per heavy atom. The van der Waals surface area contributed by atoms with Gasteiger partial charge < -0.3 is 9.40 Å². The molecule has 0 radical (unpaired) electrons. The minimum Gasteiger partial charge on any atom is -0.418 e. The van der Waals surface area contributed by atoms with Crippen molar-refractivity contribution in [3.63, 3.8) is 0 Å². The number of imidazole rings is 1. The van der Waals surface area contributed by atoms with Crippen molar-refractivity contribution in [3.05, 3.63) is 48.4 Å². The number of hydrogen-bond acceptors (Lipinski definition) is 8. The van der Waals surface area contributed by atoms with Crippen LogP contribution < -0.4 is 0 Å². The molecule has 0 fully saturated rings. The summed E-state index contributed by atoms with van der Waals surface area (Å²) in [4.78, 5) is 30.5. The lowest BCUT2D eigenvalue weighted by molar-refractivity contribution is 0.607. The molecule has 0 aliphatic carbocycles. The van der Waals surface area contributed by atoms with E-state index in [2.05, 4.69) is 34.9 Å². The quantitative estimate of drug-likeness (QED) is 0.493. The van der Waals surface area contributed by atoms with Gasteiger partial charge in [-0.15, -0.1) is 11.3 Å². The highest BCUT2D eigenvalue weighted by molar-refractivity contribution is 7.16. The van der Waals surface area contributed by atoms with Gasteiger partial charge >= 0.3 is 0 Å². The van der Waals surface area contributed by atoms with E-state index >= 15 is 0 Å². The first-order valence-electron chi connectivity index (χ1n) is 8.11. The van der Waals surface area contributed by atoms with Crippen molar-refractivity contribution in [3.8, 4) is 22.8 Å². The molecular weight excluding hydrogens is 362 g/mol. The van der Waals surface area contributed by atoms with Gasteiger partial charge in [-0.05, 0) is 24.3 Å². The van der Waals surface area contributed by atoms with E-state index in [0.29, 0.717) is 22.9 Å². The van der Waals surface area contributed by atoms with E-state index in [1.54, 1.807) is 24.1 Å². The number of fused-ring (bicyclic) bond motifs is 3. The molecule has 1 N–H and O–H groups in total. The molecule has 6 aromatic rings. The predicted molar refractivity (Wildman–Crippen MR) is 101 cm³/mol. The minimum absolute atomic E-state index is 0.460. The topological polar surface area (TPSA) is 106 Å². The van der Waals surface area contributed by atoms with Crippen LogP contribution in [0.15, 0.2) is 52.8 Å². The van der Waals surface area contributed by atoms with Gasteiger partial charge in [0, 0.05) is 24.2 Å². The molecule has 0 saturated carbocycles. The molecule has 6 rings (SSSR count). The van der Waals surface area contributed by atoms with Crippen molar-refractivity contribution in [2.45, 2.75) is 0 Å². The fraction of sp³-hybridized carbons (Fsp3) is 0. The van der Waals surface area contributed by atoms with E-state index in [0.717, 1.165) is 32.6 Å². The zero-order valence-corrected chi connectivity index (χ0v) is 14.4. The Labute approximate surface area is 155 Å². The second-order valence-corrected chi connectivity index (χ2v) is 6.76. The molecule has 0 saturated heterocycles. The number of oxazole rings is 1. The van der Waals surface area contributed by atoms with E-state index in [1.165, 1.54) is 11.3 Å². The Balaban J connectivity index is 1.46. The van der Waals surface area contributed by atoms with Gasteiger partial charge in [-0.2, -0.15) is 0 Å². The van der Waals surface area contributed by atoms with E-state index in [4.69, 9.17) is 4.42 Å². The number of thiazole rings is 1. The molecule has 128 valence electrons. The van der Waals surface area contributed by atoms with Gasteiger partial charge in [0.1, 0.15) is 27.2 Å². The molecule has 0 bridgehead atoms. The standard InChI is InChI=1S/C18H9N7OS/c1-2-11-15(19-3-1)25-14(23-11)9-4-12-17(20-6-9)26-16(24-12)10-5-13-18(21-7-10)27-8-22-13/h1-8H,(H,19,23,25). The van der Waals surface area contributed by atoms with Crippen LogP contribution in [0.5, 0.6) is 0 Å². The highest BCUT2D eigenvalue weighted by Gasteiger charge is 2.14. The fourth-order valence-electron chi connectivity index (χ4n) is 2.93. The molecule has 6 aromatic heterocycles. The molecule has 0 aliphatic rings. The van der Waals surface area contributed by atoms with Crippen LogP contribution >= 0.6 is 11.3 Å². The fourth-order valence-corrected chi connectivity index (χ4v) is 3.54. The predicted octanol–water partition coefficient (Wildman–Crippen LogP) is 3.83. The van der Waals surface area contributed by atoms with Crippen molar-refractivity contribution in [1.82, 2.24) is 34.9 Å². The molecule has 0 atom stereocenters. The van der Waals surface area contributed by atoms with Crippen LogP contribution in [0.4, 0.5) is 0 Å². The second kappa shape index (κ2) is 5.39. The smallest absolute Gasteiger partial charge is 0.247 e. The monoisotopic (exact) mass is 371 g/mol. The molecule has 0 aromatic carbocycles. The number of H-pyrrole nitrogens is 1. The van der Waals surface area contributed by atoms with Crippen molar-refractivity contribution in [2.75, 3.05) is 0 Å². The third-order valence-electron chi connectivity index (χ3n) is 4.21. The van der Waals surface area contributed by atoms with E-state index < -0.39 is 0 Å². The molecule has 0 spiro atoms. The Hall–Kier alpha value is -3.72. The molecule has 0 unspecified atom stereocenters. The van der Waals surface area contributed by atoms with Crippen molar-refractivity contribution < 1.29 is 4.42 Å². The summed E-state index contributed by atoms with van der Waals surface area (Å²) in [6, 6.07) is 7.56. The normalized spacial score (nSPS) is 11.7. The van der Waals surface area contributed by atoms with E-state index in [1.807, 2.05) is 24.3 Å². The maximum Gasteiger partial charge on any atom is 0.247 e. The largest absolute Gasteiger partial charge is 0.418 e. The Morgan fingerprint density at radius 3 is 2.78 bits per heavy atom. The Bertz CT molecular complexity index is 1420. The summed E-state index contributed by atoms with van der Waals surface area (Å²) in [6.45, 7) is 0. The second-order valence-electron chi connectivity index (χ2n) is 5.92. The molecule has 8 nitrogen and oxygen atoms in total. The summed E-state index contributed by atoms with van der Waals surface area (Å²) in [7, 11) is 0. The Kier molecular flexibility index (Phi) is 2.88. The number of hydrogen-bond donors (Lipinski definition) is 1. The zero-order chi connectivity index (χ0) is 17.8. The summed E-state index contributed by atoms with van der Waals surface area (Å²) in [5.74, 6) is 1.15. The van der Waals surface area contributed by atoms with Crippen LogP contribution in [0.3, 0.4) is 0 Å². The van der Waals surface area contributed by atoms with Crippen LogP contribution in [0.25, 0.3) is 55.6 Å². The van der Waals surface area contributed by atoms with Crippen molar-refractivity contribution in [2.24, 2.45) is 0 Å². The van der Waals surface area contributed by atoms with Crippen molar-refractivity contribution >= 4 is 44.1 Å². The maximum absolute atomic E-state index is 5.80. The average molecular weight is 371 g/mol. The summed E-state index contributed by atoms with van der Waals surface area (Å²) >= 11 is 1.50. The Morgan fingerprint density at radius 2 is 1.81 bits per heavy atom. The molecule has 9 heteroatoms. The lowest BCUT2D eigenvalue weighted by Crippen LogP contribution is -1.83. The van der Waals surface area contributed by atoms with Crippen LogP contribution in [-0.2, 0) is 0 Å². The molecule has 27 heavy (non-hydrogen) atoms. The van der Waals surface area contributed by atoms with Gasteiger partial charge in [0.05, 0.1) is 11.1 Å². The number of pyridine rings is 3. The van der Waals surface area contributed by atoms with Gasteiger partial charge in [0.15, 0.2) is 5.65 Å². The van der Waals surface area contributed by atoms with E-state index in [-0.39, 0.29) is 0 Å². The van der Waals surface area contributed by atoms with Crippen LogP contribution in [0.1, 0.15) is 0 Å². The van der Waals surface area contributed by atoms with Gasteiger partial charge in [-0.3, -0.25) is 0 Å². The summed E-state index contributed by atoms with van der Waals surface area (Å²) in [5.41, 5.74) is 6.81. The van der Waals surface area contributed by atoms with Gasteiger partial charge in [-0.1, -0.05) is 0 Å². The summed E-state index contributed by atoms with van der Waals surface area (Å²) in [5, 5.41) is 0. The average Bonchev–Trinajstić information content (AvgIpc) is 3.42. The maximum atomic E-state index is 5.80. The molecule has 0 aliphatic heterocycles. The third kappa shape index (κ3) is 2.29. The number of aromatic amines is 1. The third-order valence-corrected chi connectivity index (χ3v) is 4.96. The van der Waals surface area contributed by atoms with Gasteiger partial charge in [-0.25, -0.2) is 29.9 Å². The van der Waals surface area contributed by atoms with Gasteiger partial charge in [0.2, 0.25) is 11.6 Å². The van der Waals surface area contributed by atoms with Crippen LogP contribution in [-0.4, -0.2) is 34.9 Å². The molecule has 6 heterocycles. The molecule has 0 amide bonds. The van der Waals surface area contributed by atoms with E-state index in [9.17, 15) is 0 Å². The summed E-state index contributed by atoms with van der Waals surface area (Å²) in [6.07, 6.45) is 5.16. The van der Waals surface area contributed by atoms with Gasteiger partial charge in [0.25, 0.3) is 0 Å². The number of rotatable bonds is 2. The number of aromatic nitrogens is 7. The lowest BCUT2D eigenvalue weighted by atomic mass is 10.2.